The fourth-order valence-electron chi connectivity index (χ4n) is 1.48. The topological polar surface area (TPSA) is 83.6 Å². The van der Waals surface area contributed by atoms with Crippen molar-refractivity contribution in [3.8, 4) is 5.75 Å². The first kappa shape index (κ1) is 11.5. The van der Waals surface area contributed by atoms with E-state index in [0.29, 0.717) is 0 Å². The van der Waals surface area contributed by atoms with E-state index in [4.69, 9.17) is 10.8 Å². The Labute approximate surface area is 88.3 Å². The van der Waals surface area contributed by atoms with Crippen LogP contribution in [0, 0.1) is 6.92 Å². The van der Waals surface area contributed by atoms with E-state index in [2.05, 4.69) is 0 Å². The van der Waals surface area contributed by atoms with Gasteiger partial charge in [-0.1, -0.05) is 12.1 Å². The molecule has 4 heteroatoms. The van der Waals surface area contributed by atoms with Gasteiger partial charge in [-0.15, -0.1) is 0 Å². The fraction of sp³-hybridized carbons (Fsp3) is 0.364. The van der Waals surface area contributed by atoms with Crippen LogP contribution in [-0.4, -0.2) is 22.7 Å². The summed E-state index contributed by atoms with van der Waals surface area (Å²) < 4.78 is 0. The molecule has 0 aliphatic rings. The van der Waals surface area contributed by atoms with E-state index < -0.39 is 5.97 Å². The van der Waals surface area contributed by atoms with Gasteiger partial charge in [0.2, 0.25) is 0 Å². The zero-order valence-electron chi connectivity index (χ0n) is 8.60. The molecule has 4 nitrogen and oxygen atoms in total. The standard InChI is InChI=1S/C11H15NO3/c1-7-4-8(2-3-10(7)13)9(6-12)5-11(14)15/h2-4,9,13H,5-6,12H2,1H3,(H,14,15). The van der Waals surface area contributed by atoms with Gasteiger partial charge >= 0.3 is 5.97 Å². The van der Waals surface area contributed by atoms with Crippen molar-refractivity contribution in [3.63, 3.8) is 0 Å². The maximum absolute atomic E-state index is 10.6. The lowest BCUT2D eigenvalue weighted by molar-refractivity contribution is -0.137. The number of rotatable bonds is 4. The zero-order valence-corrected chi connectivity index (χ0v) is 8.60. The molecule has 0 radical (unpaired) electrons. The van der Waals surface area contributed by atoms with E-state index in [1.54, 1.807) is 25.1 Å². The van der Waals surface area contributed by atoms with Crippen LogP contribution < -0.4 is 5.73 Å². The molecule has 1 rings (SSSR count). The highest BCUT2D eigenvalue weighted by Gasteiger charge is 2.14. The van der Waals surface area contributed by atoms with Crippen molar-refractivity contribution in [3.05, 3.63) is 29.3 Å². The first-order valence-corrected chi connectivity index (χ1v) is 4.76. The van der Waals surface area contributed by atoms with E-state index in [1.165, 1.54) is 0 Å². The van der Waals surface area contributed by atoms with Gasteiger partial charge in [0.15, 0.2) is 0 Å². The second-order valence-corrected chi connectivity index (χ2v) is 3.58. The molecule has 0 saturated heterocycles. The van der Waals surface area contributed by atoms with Gasteiger partial charge in [0.05, 0.1) is 6.42 Å². The number of hydrogen-bond acceptors (Lipinski definition) is 3. The lowest BCUT2D eigenvalue weighted by atomic mass is 9.94. The van der Waals surface area contributed by atoms with E-state index in [1.807, 2.05) is 0 Å². The number of phenolic OH excluding ortho intramolecular Hbond substituents is 1. The number of carbonyl (C=O) groups is 1. The molecule has 0 aromatic heterocycles. The Balaban J connectivity index is 2.92. The second kappa shape index (κ2) is 4.79. The molecule has 0 heterocycles. The molecule has 0 amide bonds. The molecule has 1 atom stereocenters. The Morgan fingerprint density at radius 3 is 2.67 bits per heavy atom. The molecule has 0 bridgehead atoms. The van der Waals surface area contributed by atoms with Crippen LogP contribution >= 0.6 is 0 Å². The number of carboxylic acids is 1. The predicted octanol–water partition coefficient (Wildman–Crippen LogP) is 1.22. The monoisotopic (exact) mass is 209 g/mol. The van der Waals surface area contributed by atoms with Crippen molar-refractivity contribution >= 4 is 5.97 Å². The quantitative estimate of drug-likeness (QED) is 0.696. The molecule has 1 aromatic carbocycles. The number of phenols is 1. The Morgan fingerprint density at radius 2 is 2.20 bits per heavy atom. The largest absolute Gasteiger partial charge is 0.508 e. The normalized spacial score (nSPS) is 12.4. The summed E-state index contributed by atoms with van der Waals surface area (Å²) in [4.78, 5) is 10.6. The predicted molar refractivity (Wildman–Crippen MR) is 56.9 cm³/mol. The number of carboxylic acid groups (broad SMARTS) is 1. The van der Waals surface area contributed by atoms with Gasteiger partial charge in [0, 0.05) is 5.92 Å². The van der Waals surface area contributed by atoms with Crippen molar-refractivity contribution in [2.24, 2.45) is 5.73 Å². The van der Waals surface area contributed by atoms with Crippen LogP contribution in [0.15, 0.2) is 18.2 Å². The third-order valence-electron chi connectivity index (χ3n) is 2.40. The van der Waals surface area contributed by atoms with E-state index in [0.717, 1.165) is 11.1 Å². The first-order chi connectivity index (χ1) is 7.04. The van der Waals surface area contributed by atoms with Gasteiger partial charge in [-0.05, 0) is 30.7 Å². The third-order valence-corrected chi connectivity index (χ3v) is 2.40. The van der Waals surface area contributed by atoms with Crippen molar-refractivity contribution in [1.29, 1.82) is 0 Å². The smallest absolute Gasteiger partial charge is 0.304 e. The summed E-state index contributed by atoms with van der Waals surface area (Å²) in [7, 11) is 0. The molecule has 82 valence electrons. The Morgan fingerprint density at radius 1 is 1.53 bits per heavy atom. The van der Waals surface area contributed by atoms with Crippen LogP contribution in [0.5, 0.6) is 5.75 Å². The lowest BCUT2D eigenvalue weighted by Crippen LogP contribution is -2.16. The van der Waals surface area contributed by atoms with Crippen LogP contribution in [-0.2, 0) is 4.79 Å². The molecule has 0 saturated carbocycles. The number of aliphatic carboxylic acids is 1. The molecule has 0 fully saturated rings. The molecule has 1 unspecified atom stereocenters. The Kier molecular flexibility index (Phi) is 3.68. The number of aryl methyl sites for hydroxylation is 1. The van der Waals surface area contributed by atoms with Crippen LogP contribution in [0.1, 0.15) is 23.5 Å². The molecule has 0 aliphatic heterocycles. The highest BCUT2D eigenvalue weighted by Crippen LogP contribution is 2.24. The van der Waals surface area contributed by atoms with Gasteiger partial charge in [-0.2, -0.15) is 0 Å². The van der Waals surface area contributed by atoms with Crippen molar-refractivity contribution in [1.82, 2.24) is 0 Å². The number of benzene rings is 1. The maximum atomic E-state index is 10.6. The van der Waals surface area contributed by atoms with Crippen molar-refractivity contribution < 1.29 is 15.0 Å². The molecule has 0 spiro atoms. The van der Waals surface area contributed by atoms with Gasteiger partial charge in [-0.25, -0.2) is 0 Å². The first-order valence-electron chi connectivity index (χ1n) is 4.76. The molecule has 4 N–H and O–H groups in total. The average Bonchev–Trinajstić information content (AvgIpc) is 2.18. The van der Waals surface area contributed by atoms with Gasteiger partial charge in [0.1, 0.15) is 5.75 Å². The minimum absolute atomic E-state index is 0.0146. The summed E-state index contributed by atoms with van der Waals surface area (Å²) >= 11 is 0. The van der Waals surface area contributed by atoms with Crippen molar-refractivity contribution in [2.75, 3.05) is 6.54 Å². The van der Waals surface area contributed by atoms with Crippen LogP contribution in [0.25, 0.3) is 0 Å². The van der Waals surface area contributed by atoms with E-state index >= 15 is 0 Å². The summed E-state index contributed by atoms with van der Waals surface area (Å²) in [5, 5.41) is 18.0. The molecular weight excluding hydrogens is 194 g/mol. The molecule has 0 aliphatic carbocycles. The maximum Gasteiger partial charge on any atom is 0.304 e. The number of nitrogens with two attached hydrogens (primary N) is 1. The van der Waals surface area contributed by atoms with Gasteiger partial charge in [0.25, 0.3) is 0 Å². The minimum Gasteiger partial charge on any atom is -0.508 e. The summed E-state index contributed by atoms with van der Waals surface area (Å²) in [6.45, 7) is 2.06. The average molecular weight is 209 g/mol. The molecular formula is C11H15NO3. The highest BCUT2D eigenvalue weighted by molar-refractivity contribution is 5.68. The van der Waals surface area contributed by atoms with Gasteiger partial charge in [-0.3, -0.25) is 4.79 Å². The summed E-state index contributed by atoms with van der Waals surface area (Å²) in [6.07, 6.45) is 0.0146. The van der Waals surface area contributed by atoms with Crippen LogP contribution in [0.3, 0.4) is 0 Å². The zero-order chi connectivity index (χ0) is 11.4. The van der Waals surface area contributed by atoms with Crippen LogP contribution in [0.4, 0.5) is 0 Å². The third kappa shape index (κ3) is 2.95. The Hall–Kier alpha value is -1.55. The van der Waals surface area contributed by atoms with Crippen molar-refractivity contribution in [2.45, 2.75) is 19.3 Å². The second-order valence-electron chi connectivity index (χ2n) is 3.58. The molecule has 1 aromatic rings. The Bertz CT molecular complexity index is 363. The SMILES string of the molecule is Cc1cc(C(CN)CC(=O)O)ccc1O. The summed E-state index contributed by atoms with van der Waals surface area (Å²) in [5.74, 6) is -0.845. The summed E-state index contributed by atoms with van der Waals surface area (Å²) in [5.41, 5.74) is 7.10. The number of aromatic hydroxyl groups is 1. The van der Waals surface area contributed by atoms with E-state index in [9.17, 15) is 9.90 Å². The molecule has 15 heavy (non-hydrogen) atoms. The number of hydrogen-bond donors (Lipinski definition) is 3. The summed E-state index contributed by atoms with van der Waals surface area (Å²) in [6, 6.07) is 5.05. The fourth-order valence-corrected chi connectivity index (χ4v) is 1.48. The van der Waals surface area contributed by atoms with E-state index in [-0.39, 0.29) is 24.6 Å². The van der Waals surface area contributed by atoms with Crippen LogP contribution in [0.2, 0.25) is 0 Å². The minimum atomic E-state index is -0.865. The lowest BCUT2D eigenvalue weighted by Gasteiger charge is -2.13. The highest BCUT2D eigenvalue weighted by atomic mass is 16.4. The van der Waals surface area contributed by atoms with Gasteiger partial charge < -0.3 is 15.9 Å².